The molecule has 1 saturated heterocycles. The molecule has 0 bridgehead atoms. The van der Waals surface area contributed by atoms with Crippen LogP contribution in [0.3, 0.4) is 0 Å². The van der Waals surface area contributed by atoms with Crippen LogP contribution in [0.4, 0.5) is 13.2 Å². The second kappa shape index (κ2) is 8.13. The standard InChI is InChI=1S/C19H18F3N5O4S/c1-2-32(29,30)14-9-12(18(28)26-5-7-31-8-6-26)11-23-17(14)13-3-4-27-16(24-13)10-15(25-27)19(20,21)22/h3-4,9-11H,2,5-8H2,1H3. The normalized spacial score (nSPS) is 15.3. The van der Waals surface area contributed by atoms with Gasteiger partial charge in [-0.1, -0.05) is 6.92 Å². The number of amides is 1. The molecule has 4 heterocycles. The maximum atomic E-state index is 13.0. The number of ether oxygens (including phenoxy) is 1. The first-order valence-corrected chi connectivity index (χ1v) is 11.3. The van der Waals surface area contributed by atoms with E-state index in [0.29, 0.717) is 26.3 Å². The number of hydrogen-bond donors (Lipinski definition) is 0. The third-order valence-electron chi connectivity index (χ3n) is 4.97. The molecule has 0 aromatic carbocycles. The van der Waals surface area contributed by atoms with Crippen molar-refractivity contribution in [3.05, 3.63) is 41.9 Å². The Hall–Kier alpha value is -3.06. The first kappa shape index (κ1) is 22.1. The maximum Gasteiger partial charge on any atom is 0.435 e. The maximum absolute atomic E-state index is 13.0. The van der Waals surface area contributed by atoms with Gasteiger partial charge in [0.2, 0.25) is 0 Å². The molecule has 0 aliphatic carbocycles. The molecule has 32 heavy (non-hydrogen) atoms. The van der Waals surface area contributed by atoms with Gasteiger partial charge in [0.25, 0.3) is 5.91 Å². The Morgan fingerprint density at radius 3 is 2.59 bits per heavy atom. The fourth-order valence-electron chi connectivity index (χ4n) is 3.25. The van der Waals surface area contributed by atoms with Crippen molar-refractivity contribution in [1.82, 2.24) is 24.5 Å². The summed E-state index contributed by atoms with van der Waals surface area (Å²) in [5.41, 5.74) is -1.16. The Kier molecular flexibility index (Phi) is 5.63. The number of rotatable bonds is 4. The fraction of sp³-hybridized carbons (Fsp3) is 0.368. The summed E-state index contributed by atoms with van der Waals surface area (Å²) in [5, 5.41) is 3.43. The molecule has 0 unspecified atom stereocenters. The van der Waals surface area contributed by atoms with Gasteiger partial charge >= 0.3 is 6.18 Å². The van der Waals surface area contributed by atoms with Crippen LogP contribution in [0, 0.1) is 0 Å². The molecule has 170 valence electrons. The monoisotopic (exact) mass is 469 g/mol. The van der Waals surface area contributed by atoms with Crippen LogP contribution in [0.15, 0.2) is 35.5 Å². The summed E-state index contributed by atoms with van der Waals surface area (Å²) in [4.78, 5) is 22.4. The van der Waals surface area contributed by atoms with Gasteiger partial charge in [-0.2, -0.15) is 18.3 Å². The average Bonchev–Trinajstić information content (AvgIpc) is 3.23. The molecule has 4 rings (SSSR count). The van der Waals surface area contributed by atoms with Gasteiger partial charge in [-0.25, -0.2) is 17.9 Å². The lowest BCUT2D eigenvalue weighted by molar-refractivity contribution is -0.141. The Bertz CT molecular complexity index is 1280. The van der Waals surface area contributed by atoms with Crippen LogP contribution in [0.2, 0.25) is 0 Å². The SMILES string of the molecule is CCS(=O)(=O)c1cc(C(=O)N2CCOCC2)cnc1-c1ccn2nc(C(F)(F)F)cc2n1. The van der Waals surface area contributed by atoms with Gasteiger partial charge in [-0.15, -0.1) is 0 Å². The molecule has 1 fully saturated rings. The second-order valence-corrected chi connectivity index (χ2v) is 9.27. The highest BCUT2D eigenvalue weighted by Gasteiger charge is 2.34. The minimum absolute atomic E-state index is 0.0449. The molecule has 0 atom stereocenters. The Labute approximate surface area is 180 Å². The Morgan fingerprint density at radius 1 is 1.22 bits per heavy atom. The number of alkyl halides is 3. The van der Waals surface area contributed by atoms with E-state index in [-0.39, 0.29) is 39.2 Å². The third kappa shape index (κ3) is 4.17. The van der Waals surface area contributed by atoms with Crippen molar-refractivity contribution in [2.45, 2.75) is 18.0 Å². The minimum atomic E-state index is -4.65. The summed E-state index contributed by atoms with van der Waals surface area (Å²) in [6.07, 6.45) is -2.17. The summed E-state index contributed by atoms with van der Waals surface area (Å²) in [5.74, 6) is -0.641. The number of morpholine rings is 1. The second-order valence-electron chi connectivity index (χ2n) is 7.02. The van der Waals surface area contributed by atoms with Gasteiger partial charge in [-0.3, -0.25) is 9.78 Å². The zero-order chi connectivity index (χ0) is 23.1. The Balaban J connectivity index is 1.80. The topological polar surface area (TPSA) is 107 Å². The fourth-order valence-corrected chi connectivity index (χ4v) is 4.31. The number of fused-ring (bicyclic) bond motifs is 1. The summed E-state index contributed by atoms with van der Waals surface area (Å²) >= 11 is 0. The number of sulfone groups is 1. The lowest BCUT2D eigenvalue weighted by Crippen LogP contribution is -2.40. The molecule has 3 aromatic rings. The van der Waals surface area contributed by atoms with E-state index in [4.69, 9.17) is 4.74 Å². The summed E-state index contributed by atoms with van der Waals surface area (Å²) in [6, 6.07) is 3.32. The van der Waals surface area contributed by atoms with Crippen LogP contribution in [0.5, 0.6) is 0 Å². The van der Waals surface area contributed by atoms with E-state index in [1.807, 2.05) is 0 Å². The molecule has 1 amide bonds. The van der Waals surface area contributed by atoms with E-state index < -0.39 is 21.7 Å². The summed E-state index contributed by atoms with van der Waals surface area (Å²) < 4.78 is 70.5. The first-order valence-electron chi connectivity index (χ1n) is 9.64. The molecule has 9 nitrogen and oxygen atoms in total. The molecule has 0 saturated carbocycles. The quantitative estimate of drug-likeness (QED) is 0.576. The van der Waals surface area contributed by atoms with Crippen molar-refractivity contribution < 1.29 is 31.1 Å². The van der Waals surface area contributed by atoms with E-state index >= 15 is 0 Å². The van der Waals surface area contributed by atoms with E-state index in [0.717, 1.165) is 10.6 Å². The van der Waals surface area contributed by atoms with Crippen molar-refractivity contribution in [2.24, 2.45) is 0 Å². The number of aromatic nitrogens is 4. The summed E-state index contributed by atoms with van der Waals surface area (Å²) in [6.45, 7) is 2.95. The van der Waals surface area contributed by atoms with Crippen LogP contribution < -0.4 is 0 Å². The number of carbonyl (C=O) groups excluding carboxylic acids is 1. The number of hydrogen-bond acceptors (Lipinski definition) is 7. The van der Waals surface area contributed by atoms with Gasteiger partial charge in [0, 0.05) is 31.5 Å². The molecule has 0 radical (unpaired) electrons. The van der Waals surface area contributed by atoms with Gasteiger partial charge in [0.1, 0.15) is 5.69 Å². The number of nitrogens with zero attached hydrogens (tertiary/aromatic N) is 5. The van der Waals surface area contributed by atoms with Gasteiger partial charge < -0.3 is 9.64 Å². The van der Waals surface area contributed by atoms with Crippen LogP contribution in [0.1, 0.15) is 23.0 Å². The van der Waals surface area contributed by atoms with Gasteiger partial charge in [0.05, 0.1) is 35.1 Å². The highest BCUT2D eigenvalue weighted by Crippen LogP contribution is 2.30. The third-order valence-corrected chi connectivity index (χ3v) is 6.71. The predicted molar refractivity (Wildman–Crippen MR) is 106 cm³/mol. The van der Waals surface area contributed by atoms with Gasteiger partial charge in [-0.05, 0) is 12.1 Å². The largest absolute Gasteiger partial charge is 0.435 e. The van der Waals surface area contributed by atoms with Crippen molar-refractivity contribution in [3.63, 3.8) is 0 Å². The highest BCUT2D eigenvalue weighted by molar-refractivity contribution is 7.91. The van der Waals surface area contributed by atoms with Crippen LogP contribution >= 0.6 is 0 Å². The zero-order valence-corrected chi connectivity index (χ0v) is 17.6. The molecule has 1 aliphatic rings. The van der Waals surface area contributed by atoms with Gasteiger partial charge in [0.15, 0.2) is 21.2 Å². The van der Waals surface area contributed by atoms with Crippen molar-refractivity contribution in [2.75, 3.05) is 32.1 Å². The molecule has 0 spiro atoms. The smallest absolute Gasteiger partial charge is 0.378 e. The Morgan fingerprint density at radius 2 is 1.94 bits per heavy atom. The van der Waals surface area contributed by atoms with E-state index in [2.05, 4.69) is 15.1 Å². The molecule has 3 aromatic heterocycles. The number of halogens is 3. The predicted octanol–water partition coefficient (Wildman–Crippen LogP) is 2.08. The van der Waals surface area contributed by atoms with Crippen LogP contribution in [-0.4, -0.2) is 70.9 Å². The molecule has 13 heteroatoms. The van der Waals surface area contributed by atoms with E-state index in [9.17, 15) is 26.4 Å². The molecular formula is C19H18F3N5O4S. The van der Waals surface area contributed by atoms with Crippen molar-refractivity contribution in [1.29, 1.82) is 0 Å². The van der Waals surface area contributed by atoms with E-state index in [1.54, 1.807) is 0 Å². The first-order chi connectivity index (χ1) is 15.1. The number of pyridine rings is 1. The molecule has 0 N–H and O–H groups in total. The molecular weight excluding hydrogens is 451 g/mol. The zero-order valence-electron chi connectivity index (χ0n) is 16.8. The lowest BCUT2D eigenvalue weighted by Gasteiger charge is -2.27. The van der Waals surface area contributed by atoms with Crippen LogP contribution in [-0.2, 0) is 20.8 Å². The number of carbonyl (C=O) groups is 1. The van der Waals surface area contributed by atoms with Crippen LogP contribution in [0.25, 0.3) is 17.0 Å². The molecule has 1 aliphatic heterocycles. The average molecular weight is 469 g/mol. The minimum Gasteiger partial charge on any atom is -0.378 e. The van der Waals surface area contributed by atoms with Crippen molar-refractivity contribution in [3.8, 4) is 11.4 Å². The van der Waals surface area contributed by atoms with E-state index in [1.165, 1.54) is 36.4 Å². The lowest BCUT2D eigenvalue weighted by atomic mass is 10.2. The highest BCUT2D eigenvalue weighted by atomic mass is 32.2. The van der Waals surface area contributed by atoms with Crippen molar-refractivity contribution >= 4 is 21.4 Å². The summed E-state index contributed by atoms with van der Waals surface area (Å²) in [7, 11) is -3.84.